The van der Waals surface area contributed by atoms with E-state index in [1.54, 1.807) is 0 Å². The molecule has 0 amide bonds. The summed E-state index contributed by atoms with van der Waals surface area (Å²) in [7, 11) is 0. The van der Waals surface area contributed by atoms with Gasteiger partial charge in [0.05, 0.1) is 6.54 Å². The van der Waals surface area contributed by atoms with Crippen molar-refractivity contribution in [2.45, 2.75) is 6.04 Å². The standard InChI is InChI=1S/C13H13NO2.2C5H5.2Fe/c15-12(16)9-14-13(10-5-1-2-6-10)11-7-3-4-8-11;2*1-2-4-5-3-1;;/h1-8,13-14H,9H2,(H,15,16);2*1-5H;;/q-2;-5;-1;;. The molecule has 28 heavy (non-hydrogen) atoms. The Bertz CT molecular complexity index is 679. The van der Waals surface area contributed by atoms with Crippen molar-refractivity contribution in [3.8, 4) is 0 Å². The van der Waals surface area contributed by atoms with Gasteiger partial charge < -0.3 is 40.8 Å². The quantitative estimate of drug-likeness (QED) is 0.338. The summed E-state index contributed by atoms with van der Waals surface area (Å²) in [4.78, 5) is 10.6. The minimum absolute atomic E-state index is 0. The second-order valence-electron chi connectivity index (χ2n) is 5.57. The molecule has 0 aliphatic carbocycles. The Balaban J connectivity index is 0.000000500. The first-order chi connectivity index (χ1) is 12.8. The monoisotopic (exact) mass is 457 g/mol. The number of carboxylic acids is 1. The number of carboxylic acid groups (broad SMARTS) is 1. The third-order valence-electron chi connectivity index (χ3n) is 3.61. The molecule has 0 heterocycles. The second kappa shape index (κ2) is 15.9. The van der Waals surface area contributed by atoms with Crippen LogP contribution in [0.25, 0.3) is 0 Å². The molecule has 4 aromatic carbocycles. The van der Waals surface area contributed by atoms with Crippen molar-refractivity contribution in [2.75, 3.05) is 6.54 Å². The number of hydrogen-bond donors (Lipinski definition) is 2. The average Bonchev–Trinajstić information content (AvgIpc) is 3.48. The predicted octanol–water partition coefficient (Wildman–Crippen LogP) is 4.69. The van der Waals surface area contributed by atoms with Crippen LogP contribution in [0.5, 0.6) is 0 Å². The Labute approximate surface area is 187 Å². The van der Waals surface area contributed by atoms with Crippen molar-refractivity contribution in [1.82, 2.24) is 5.32 Å². The Morgan fingerprint density at radius 2 is 1.18 bits per heavy atom. The number of aliphatic carboxylic acids is 1. The molecule has 0 saturated carbocycles. The summed E-state index contributed by atoms with van der Waals surface area (Å²) in [6.07, 6.45) is 0. The molecule has 4 rings (SSSR count). The molecule has 0 aromatic heterocycles. The fourth-order valence-corrected chi connectivity index (χ4v) is 2.42. The molecular formula is C23H23Fe2NO2-8. The van der Waals surface area contributed by atoms with Gasteiger partial charge in [0.15, 0.2) is 0 Å². The van der Waals surface area contributed by atoms with Crippen molar-refractivity contribution >= 4 is 5.97 Å². The minimum Gasteiger partial charge on any atom is -0.748 e. The molecule has 0 saturated heterocycles. The minimum atomic E-state index is -0.844. The first-order valence-electron chi connectivity index (χ1n) is 8.49. The van der Waals surface area contributed by atoms with Gasteiger partial charge in [-0.3, -0.25) is 4.79 Å². The van der Waals surface area contributed by atoms with Crippen LogP contribution in [0.1, 0.15) is 17.2 Å². The molecular weight excluding hydrogens is 434 g/mol. The van der Waals surface area contributed by atoms with E-state index in [0.717, 1.165) is 11.1 Å². The number of nitrogens with one attached hydrogen (secondary N) is 1. The molecule has 156 valence electrons. The molecule has 5 heteroatoms. The van der Waals surface area contributed by atoms with Gasteiger partial charge in [0.25, 0.3) is 0 Å². The maximum absolute atomic E-state index is 10.6. The predicted molar refractivity (Wildman–Crippen MR) is 106 cm³/mol. The molecule has 0 aliphatic rings. The van der Waals surface area contributed by atoms with Crippen LogP contribution >= 0.6 is 0 Å². The van der Waals surface area contributed by atoms with Crippen molar-refractivity contribution in [1.29, 1.82) is 0 Å². The molecule has 4 aromatic rings. The van der Waals surface area contributed by atoms with Crippen molar-refractivity contribution in [3.63, 3.8) is 0 Å². The van der Waals surface area contributed by atoms with E-state index in [-0.39, 0.29) is 46.7 Å². The van der Waals surface area contributed by atoms with Gasteiger partial charge in [-0.2, -0.15) is 42.5 Å². The van der Waals surface area contributed by atoms with Gasteiger partial charge in [0, 0.05) is 34.1 Å². The van der Waals surface area contributed by atoms with Crippen LogP contribution in [0.4, 0.5) is 0 Å². The Kier molecular flexibility index (Phi) is 14.7. The topological polar surface area (TPSA) is 49.3 Å². The van der Waals surface area contributed by atoms with Gasteiger partial charge in [-0.15, -0.1) is 11.1 Å². The van der Waals surface area contributed by atoms with Crippen LogP contribution in [-0.4, -0.2) is 17.6 Å². The normalized spacial score (nSPS) is 9.04. The van der Waals surface area contributed by atoms with Gasteiger partial charge in [0.1, 0.15) is 0 Å². The zero-order chi connectivity index (χ0) is 18.5. The summed E-state index contributed by atoms with van der Waals surface area (Å²) in [5.74, 6) is -0.844. The summed E-state index contributed by atoms with van der Waals surface area (Å²) in [5.41, 5.74) is 2.18. The van der Waals surface area contributed by atoms with Crippen LogP contribution < -0.4 is 5.32 Å². The fraction of sp³-hybridized carbons (Fsp3) is 0.0870. The van der Waals surface area contributed by atoms with Crippen LogP contribution in [0, 0.1) is 0 Å². The summed E-state index contributed by atoms with van der Waals surface area (Å²) in [5, 5.41) is 11.7. The van der Waals surface area contributed by atoms with E-state index in [1.165, 1.54) is 0 Å². The SMILES string of the molecule is O=C(O)CNC([c-]1cccc1)[c-]1cccc1.[Fe].[Fe].[cH-]1[cH-][cH-][cH-][cH-]1.c1cc[cH-]c1. The molecule has 0 aliphatic heterocycles. The van der Waals surface area contributed by atoms with Crippen molar-refractivity contribution in [3.05, 3.63) is 120 Å². The third kappa shape index (κ3) is 10.3. The summed E-state index contributed by atoms with van der Waals surface area (Å²) in [6.45, 7) is -0.0406. The largest absolute Gasteiger partial charge is 0.748 e. The Morgan fingerprint density at radius 1 is 0.786 bits per heavy atom. The average molecular weight is 457 g/mol. The van der Waals surface area contributed by atoms with Gasteiger partial charge in [0.2, 0.25) is 0 Å². The number of rotatable bonds is 5. The van der Waals surface area contributed by atoms with E-state index in [4.69, 9.17) is 5.11 Å². The summed E-state index contributed by atoms with van der Waals surface area (Å²) < 4.78 is 0. The summed E-state index contributed by atoms with van der Waals surface area (Å²) in [6, 6.07) is 35.7. The molecule has 0 spiro atoms. The van der Waals surface area contributed by atoms with Crippen LogP contribution in [-0.2, 0) is 38.9 Å². The van der Waals surface area contributed by atoms with Gasteiger partial charge >= 0.3 is 5.97 Å². The van der Waals surface area contributed by atoms with E-state index in [9.17, 15) is 4.79 Å². The summed E-state index contributed by atoms with van der Waals surface area (Å²) >= 11 is 0. The van der Waals surface area contributed by atoms with Gasteiger partial charge in [-0.25, -0.2) is 36.4 Å². The molecule has 0 radical (unpaired) electrons. The van der Waals surface area contributed by atoms with Crippen LogP contribution in [0.15, 0.2) is 109 Å². The van der Waals surface area contributed by atoms with E-state index < -0.39 is 5.97 Å². The van der Waals surface area contributed by atoms with Gasteiger partial charge in [-0.05, 0) is 6.04 Å². The third-order valence-corrected chi connectivity index (χ3v) is 3.61. The van der Waals surface area contributed by atoms with Crippen molar-refractivity contribution in [2.24, 2.45) is 0 Å². The molecule has 0 atom stereocenters. The zero-order valence-electron chi connectivity index (χ0n) is 15.2. The van der Waals surface area contributed by atoms with E-state index >= 15 is 0 Å². The smallest absolute Gasteiger partial charge is 0.317 e. The number of carbonyl (C=O) groups is 1. The molecule has 0 unspecified atom stereocenters. The maximum Gasteiger partial charge on any atom is 0.317 e. The van der Waals surface area contributed by atoms with Crippen molar-refractivity contribution < 1.29 is 44.0 Å². The molecule has 3 nitrogen and oxygen atoms in total. The van der Waals surface area contributed by atoms with Crippen LogP contribution in [0.3, 0.4) is 0 Å². The van der Waals surface area contributed by atoms with E-state index in [0.29, 0.717) is 0 Å². The number of hydrogen-bond acceptors (Lipinski definition) is 2. The maximum atomic E-state index is 10.6. The zero-order valence-corrected chi connectivity index (χ0v) is 17.4. The molecule has 0 bridgehead atoms. The Morgan fingerprint density at radius 3 is 1.46 bits per heavy atom. The first kappa shape index (κ1) is 25.9. The molecule has 2 N–H and O–H groups in total. The fourth-order valence-electron chi connectivity index (χ4n) is 2.42. The Hall–Kier alpha value is -2.13. The first-order valence-corrected chi connectivity index (χ1v) is 8.49. The van der Waals surface area contributed by atoms with Gasteiger partial charge in [-0.1, -0.05) is 0 Å². The van der Waals surface area contributed by atoms with E-state index in [2.05, 4.69) is 5.32 Å². The van der Waals surface area contributed by atoms with E-state index in [1.807, 2.05) is 109 Å². The van der Waals surface area contributed by atoms with Crippen LogP contribution in [0.2, 0.25) is 0 Å². The molecule has 0 fully saturated rings. The second-order valence-corrected chi connectivity index (χ2v) is 5.57.